The van der Waals surface area contributed by atoms with Crippen molar-refractivity contribution in [2.45, 2.75) is 53.7 Å². The van der Waals surface area contributed by atoms with Crippen molar-refractivity contribution < 1.29 is 4.74 Å². The van der Waals surface area contributed by atoms with Gasteiger partial charge >= 0.3 is 0 Å². The van der Waals surface area contributed by atoms with Crippen molar-refractivity contribution in [1.82, 2.24) is 9.97 Å². The van der Waals surface area contributed by atoms with Crippen molar-refractivity contribution in [3.63, 3.8) is 0 Å². The molecule has 1 aromatic heterocycles. The fourth-order valence-corrected chi connectivity index (χ4v) is 2.02. The number of aromatic nitrogens is 2. The Bertz CT molecular complexity index is 369. The second-order valence-electron chi connectivity index (χ2n) is 4.97. The fraction of sp³-hybridized carbons (Fsp3) is 0.733. The summed E-state index contributed by atoms with van der Waals surface area (Å²) >= 11 is 0. The van der Waals surface area contributed by atoms with E-state index in [2.05, 4.69) is 47.9 Å². The number of rotatable bonds is 9. The summed E-state index contributed by atoms with van der Waals surface area (Å²) in [4.78, 5) is 11.4. The molecule has 5 nitrogen and oxygen atoms in total. The van der Waals surface area contributed by atoms with E-state index in [0.717, 1.165) is 37.0 Å². The van der Waals surface area contributed by atoms with Crippen LogP contribution in [-0.4, -0.2) is 35.7 Å². The summed E-state index contributed by atoms with van der Waals surface area (Å²) in [7, 11) is 0. The monoisotopic (exact) mass is 280 g/mol. The standard InChI is InChI=1S/C15H28N4O/c1-6-9-16-13-10-15(19(7-2)12(4)5)18-14(17-13)11-20-8-3/h10,12H,6-9,11H2,1-5H3,(H,16,17,18). The van der Waals surface area contributed by atoms with E-state index in [0.29, 0.717) is 19.3 Å². The molecule has 0 atom stereocenters. The molecule has 114 valence electrons. The number of hydrogen-bond donors (Lipinski definition) is 1. The topological polar surface area (TPSA) is 50.3 Å². The quantitative estimate of drug-likeness (QED) is 0.753. The smallest absolute Gasteiger partial charge is 0.158 e. The third-order valence-corrected chi connectivity index (χ3v) is 3.01. The van der Waals surface area contributed by atoms with E-state index in [9.17, 15) is 0 Å². The summed E-state index contributed by atoms with van der Waals surface area (Å²) in [5.41, 5.74) is 0. The van der Waals surface area contributed by atoms with Crippen molar-refractivity contribution in [2.75, 3.05) is 29.9 Å². The Labute approximate surface area is 122 Å². The molecule has 0 amide bonds. The summed E-state index contributed by atoms with van der Waals surface area (Å²) in [6.07, 6.45) is 1.07. The Hall–Kier alpha value is -1.36. The van der Waals surface area contributed by atoms with Crippen LogP contribution in [0.3, 0.4) is 0 Å². The van der Waals surface area contributed by atoms with Crippen LogP contribution >= 0.6 is 0 Å². The van der Waals surface area contributed by atoms with Gasteiger partial charge in [0.1, 0.15) is 18.2 Å². The van der Waals surface area contributed by atoms with E-state index >= 15 is 0 Å². The molecule has 5 heteroatoms. The molecular formula is C15H28N4O. The lowest BCUT2D eigenvalue weighted by atomic mass is 10.3. The highest BCUT2D eigenvalue weighted by Gasteiger charge is 2.13. The van der Waals surface area contributed by atoms with E-state index < -0.39 is 0 Å². The minimum Gasteiger partial charge on any atom is -0.374 e. The summed E-state index contributed by atoms with van der Waals surface area (Å²) in [6, 6.07) is 2.43. The van der Waals surface area contributed by atoms with Crippen molar-refractivity contribution in [2.24, 2.45) is 0 Å². The van der Waals surface area contributed by atoms with Crippen LogP contribution in [0.25, 0.3) is 0 Å². The third kappa shape index (κ3) is 4.96. The van der Waals surface area contributed by atoms with Gasteiger partial charge in [-0.3, -0.25) is 0 Å². The second kappa shape index (κ2) is 8.74. The maximum absolute atomic E-state index is 5.44. The first-order valence-corrected chi connectivity index (χ1v) is 7.58. The average Bonchev–Trinajstić information content (AvgIpc) is 2.43. The Morgan fingerprint density at radius 3 is 2.55 bits per heavy atom. The zero-order chi connectivity index (χ0) is 15.0. The predicted molar refractivity (Wildman–Crippen MR) is 84.3 cm³/mol. The first-order valence-electron chi connectivity index (χ1n) is 7.58. The van der Waals surface area contributed by atoms with Gasteiger partial charge in [0.25, 0.3) is 0 Å². The minimum absolute atomic E-state index is 0.411. The van der Waals surface area contributed by atoms with Gasteiger partial charge in [-0.2, -0.15) is 0 Å². The molecule has 0 aliphatic carbocycles. The number of hydrogen-bond acceptors (Lipinski definition) is 5. The average molecular weight is 280 g/mol. The molecule has 1 aromatic rings. The SMILES string of the molecule is CCCNc1cc(N(CC)C(C)C)nc(COCC)n1. The Morgan fingerprint density at radius 1 is 1.25 bits per heavy atom. The summed E-state index contributed by atoms with van der Waals surface area (Å²) in [6.45, 7) is 13.6. The van der Waals surface area contributed by atoms with E-state index in [1.54, 1.807) is 0 Å². The zero-order valence-electron chi connectivity index (χ0n) is 13.4. The number of anilines is 2. The van der Waals surface area contributed by atoms with Crippen LogP contribution in [-0.2, 0) is 11.3 Å². The molecule has 20 heavy (non-hydrogen) atoms. The largest absolute Gasteiger partial charge is 0.374 e. The van der Waals surface area contributed by atoms with Gasteiger partial charge in [-0.25, -0.2) is 9.97 Å². The van der Waals surface area contributed by atoms with Gasteiger partial charge in [-0.1, -0.05) is 6.92 Å². The van der Waals surface area contributed by atoms with E-state index in [4.69, 9.17) is 4.74 Å². The third-order valence-electron chi connectivity index (χ3n) is 3.01. The molecule has 1 heterocycles. The molecule has 0 spiro atoms. The van der Waals surface area contributed by atoms with Crippen molar-refractivity contribution >= 4 is 11.6 Å². The molecule has 0 unspecified atom stereocenters. The molecule has 0 radical (unpaired) electrons. The van der Waals surface area contributed by atoms with Gasteiger partial charge < -0.3 is 15.0 Å². The maximum Gasteiger partial charge on any atom is 0.158 e. The van der Waals surface area contributed by atoms with Gasteiger partial charge in [0.05, 0.1) is 0 Å². The van der Waals surface area contributed by atoms with Crippen molar-refractivity contribution in [1.29, 1.82) is 0 Å². The highest BCUT2D eigenvalue weighted by atomic mass is 16.5. The molecule has 0 saturated heterocycles. The van der Waals surface area contributed by atoms with Crippen LogP contribution in [0.2, 0.25) is 0 Å². The fourth-order valence-electron chi connectivity index (χ4n) is 2.02. The van der Waals surface area contributed by atoms with Gasteiger partial charge in [-0.15, -0.1) is 0 Å². The maximum atomic E-state index is 5.44. The lowest BCUT2D eigenvalue weighted by molar-refractivity contribution is 0.128. The highest BCUT2D eigenvalue weighted by molar-refractivity contribution is 5.49. The lowest BCUT2D eigenvalue weighted by Gasteiger charge is -2.27. The molecule has 0 aliphatic heterocycles. The van der Waals surface area contributed by atoms with E-state index in [1.165, 1.54) is 0 Å². The Balaban J connectivity index is 3.01. The number of nitrogens with one attached hydrogen (secondary N) is 1. The van der Waals surface area contributed by atoms with Crippen LogP contribution in [0.15, 0.2) is 6.07 Å². The molecule has 0 bridgehead atoms. The molecule has 1 N–H and O–H groups in total. The first-order chi connectivity index (χ1) is 9.62. The second-order valence-corrected chi connectivity index (χ2v) is 4.97. The Morgan fingerprint density at radius 2 is 2.00 bits per heavy atom. The van der Waals surface area contributed by atoms with E-state index in [-0.39, 0.29) is 0 Å². The van der Waals surface area contributed by atoms with Crippen LogP contribution in [0, 0.1) is 0 Å². The van der Waals surface area contributed by atoms with Gasteiger partial charge in [0.15, 0.2) is 5.82 Å². The molecule has 1 rings (SSSR count). The van der Waals surface area contributed by atoms with Crippen LogP contribution in [0.4, 0.5) is 11.6 Å². The van der Waals surface area contributed by atoms with Gasteiger partial charge in [-0.05, 0) is 34.1 Å². The summed E-state index contributed by atoms with van der Waals surface area (Å²) < 4.78 is 5.44. The Kier molecular flexibility index (Phi) is 7.30. The number of ether oxygens (including phenoxy) is 1. The number of nitrogens with zero attached hydrogens (tertiary/aromatic N) is 3. The van der Waals surface area contributed by atoms with Crippen LogP contribution in [0.5, 0.6) is 0 Å². The van der Waals surface area contributed by atoms with Crippen molar-refractivity contribution in [3.05, 3.63) is 11.9 Å². The van der Waals surface area contributed by atoms with Crippen LogP contribution in [0.1, 0.15) is 46.9 Å². The molecule has 0 aromatic carbocycles. The van der Waals surface area contributed by atoms with E-state index in [1.807, 2.05) is 13.0 Å². The summed E-state index contributed by atoms with van der Waals surface area (Å²) in [5.74, 6) is 2.58. The zero-order valence-corrected chi connectivity index (χ0v) is 13.4. The van der Waals surface area contributed by atoms with Crippen LogP contribution < -0.4 is 10.2 Å². The molecule has 0 fully saturated rings. The van der Waals surface area contributed by atoms with Gasteiger partial charge in [0.2, 0.25) is 0 Å². The molecule has 0 aliphatic rings. The predicted octanol–water partition coefficient (Wildman–Crippen LogP) is 3.07. The van der Waals surface area contributed by atoms with Crippen molar-refractivity contribution in [3.8, 4) is 0 Å². The summed E-state index contributed by atoms with van der Waals surface area (Å²) in [5, 5.41) is 3.34. The lowest BCUT2D eigenvalue weighted by Crippen LogP contribution is -2.31. The molecule has 0 saturated carbocycles. The molecular weight excluding hydrogens is 252 g/mol. The minimum atomic E-state index is 0.411. The van der Waals surface area contributed by atoms with Gasteiger partial charge in [0, 0.05) is 31.8 Å². The normalized spacial score (nSPS) is 10.9. The first kappa shape index (κ1) is 16.7. The highest BCUT2D eigenvalue weighted by Crippen LogP contribution is 2.18.